The molecule has 2 N–H and O–H groups in total. The Hall–Kier alpha value is -3.23. The summed E-state index contributed by atoms with van der Waals surface area (Å²) in [5, 5.41) is 6.28. The van der Waals surface area contributed by atoms with Gasteiger partial charge >= 0.3 is 5.97 Å². The van der Waals surface area contributed by atoms with Crippen molar-refractivity contribution in [3.63, 3.8) is 0 Å². The van der Waals surface area contributed by atoms with Crippen LogP contribution >= 0.6 is 0 Å². The van der Waals surface area contributed by atoms with Gasteiger partial charge in [-0.15, -0.1) is 0 Å². The highest BCUT2D eigenvalue weighted by Gasteiger charge is 2.53. The number of esters is 1. The van der Waals surface area contributed by atoms with Gasteiger partial charge in [0.2, 0.25) is 11.8 Å². The van der Waals surface area contributed by atoms with Gasteiger partial charge in [-0.1, -0.05) is 49.2 Å². The van der Waals surface area contributed by atoms with E-state index in [0.29, 0.717) is 37.1 Å². The highest BCUT2D eigenvalue weighted by Crippen LogP contribution is 2.56. The summed E-state index contributed by atoms with van der Waals surface area (Å²) in [5.74, 6) is 0.453. The first-order valence-corrected chi connectivity index (χ1v) is 16.9. The second kappa shape index (κ2) is 12.3. The molecule has 234 valence electrons. The number of likely N-dealkylation sites (N-methyl/N-ethyl adjacent to an activating group) is 1. The van der Waals surface area contributed by atoms with Crippen LogP contribution in [0.1, 0.15) is 74.5 Å². The summed E-state index contributed by atoms with van der Waals surface area (Å²) in [6.07, 6.45) is 10.7. The van der Waals surface area contributed by atoms with E-state index in [-0.39, 0.29) is 23.3 Å². The lowest BCUT2D eigenvalue weighted by Gasteiger charge is -2.58. The van der Waals surface area contributed by atoms with Gasteiger partial charge in [-0.3, -0.25) is 9.59 Å². The molecule has 3 aliphatic heterocycles. The molecule has 2 bridgehead atoms. The maximum Gasteiger partial charge on any atom is 0.334 e. The van der Waals surface area contributed by atoms with Gasteiger partial charge in [-0.2, -0.15) is 0 Å². The largest absolute Gasteiger partial charge is 0.425 e. The van der Waals surface area contributed by atoms with Crippen LogP contribution in [0.25, 0.3) is 0 Å². The van der Waals surface area contributed by atoms with Crippen molar-refractivity contribution in [2.45, 2.75) is 100 Å². The molecular weight excluding hydrogens is 552 g/mol. The van der Waals surface area contributed by atoms with Crippen molar-refractivity contribution in [3.05, 3.63) is 65.2 Å². The van der Waals surface area contributed by atoms with E-state index >= 15 is 0 Å². The zero-order chi connectivity index (χ0) is 30.3. The Labute approximate surface area is 260 Å². The predicted octanol–water partition coefficient (Wildman–Crippen LogP) is 3.75. The summed E-state index contributed by atoms with van der Waals surface area (Å²) in [5.41, 5.74) is 3.86. The van der Waals surface area contributed by atoms with E-state index in [4.69, 9.17) is 4.74 Å². The molecule has 44 heavy (non-hydrogen) atoms. The zero-order valence-corrected chi connectivity index (χ0v) is 25.9. The van der Waals surface area contributed by atoms with Gasteiger partial charge in [0.15, 0.2) is 0 Å². The first-order valence-electron chi connectivity index (χ1n) is 16.9. The van der Waals surface area contributed by atoms with Gasteiger partial charge in [0.05, 0.1) is 6.04 Å². The van der Waals surface area contributed by atoms with E-state index in [1.807, 2.05) is 36.4 Å². The van der Waals surface area contributed by atoms with Gasteiger partial charge in [0.1, 0.15) is 17.8 Å². The van der Waals surface area contributed by atoms with E-state index < -0.39 is 18.1 Å². The summed E-state index contributed by atoms with van der Waals surface area (Å²) in [4.78, 5) is 45.0. The van der Waals surface area contributed by atoms with Gasteiger partial charge in [0, 0.05) is 24.4 Å². The molecule has 2 aromatic carbocycles. The molecule has 0 radical (unpaired) electrons. The molecule has 4 fully saturated rings. The Morgan fingerprint density at radius 2 is 1.86 bits per heavy atom. The van der Waals surface area contributed by atoms with E-state index in [2.05, 4.69) is 34.7 Å². The lowest BCUT2D eigenvalue weighted by Crippen LogP contribution is -2.59. The topological polar surface area (TPSA) is 91.0 Å². The Morgan fingerprint density at radius 1 is 1.00 bits per heavy atom. The normalized spacial score (nSPS) is 30.2. The maximum atomic E-state index is 13.9. The van der Waals surface area contributed by atoms with Crippen LogP contribution < -0.4 is 15.4 Å². The number of hydrogen-bond acceptors (Lipinski definition) is 6. The van der Waals surface area contributed by atoms with Crippen LogP contribution in [-0.2, 0) is 32.6 Å². The minimum atomic E-state index is -0.864. The number of amides is 2. The summed E-state index contributed by atoms with van der Waals surface area (Å²) >= 11 is 0. The molecule has 7 rings (SSSR count). The molecule has 3 heterocycles. The standard InChI is InChI=1S/C36H46N4O4/c1-39-20-17-36-16-6-5-11-27(36)32(39)22-25-14-15-26(23-28(25)36)44-35(43)30(21-24-9-3-2-4-10-24)38-33(41)31-13-8-19-40(31)34(42)29-12-7-18-37-29/h2-4,9-10,14-15,23,27,29-32,37H,5-8,11-13,16-22H2,1H3,(H,38,41)/t27-,29?,30?,31?,32+,36+/m0/s1. The second-order valence-corrected chi connectivity index (χ2v) is 13.8. The van der Waals surface area contributed by atoms with Crippen LogP contribution in [0.3, 0.4) is 0 Å². The monoisotopic (exact) mass is 598 g/mol. The lowest BCUT2D eigenvalue weighted by atomic mass is 9.52. The predicted molar refractivity (Wildman–Crippen MR) is 168 cm³/mol. The molecular formula is C36H46N4O4. The summed E-state index contributed by atoms with van der Waals surface area (Å²) in [6.45, 7) is 2.50. The molecule has 0 aromatic heterocycles. The van der Waals surface area contributed by atoms with Gasteiger partial charge in [-0.25, -0.2) is 4.79 Å². The van der Waals surface area contributed by atoms with Crippen molar-refractivity contribution in [1.82, 2.24) is 20.4 Å². The fourth-order valence-electron chi connectivity index (χ4n) is 9.14. The summed E-state index contributed by atoms with van der Waals surface area (Å²) < 4.78 is 6.11. The van der Waals surface area contributed by atoms with Crippen LogP contribution in [0.15, 0.2) is 48.5 Å². The molecule has 8 heteroatoms. The summed E-state index contributed by atoms with van der Waals surface area (Å²) in [6, 6.07) is 14.9. The van der Waals surface area contributed by atoms with Crippen LogP contribution in [0.2, 0.25) is 0 Å². The molecule has 1 saturated carbocycles. The Kier molecular flexibility index (Phi) is 8.23. The van der Waals surface area contributed by atoms with E-state index in [1.54, 1.807) is 4.90 Å². The number of rotatable bonds is 7. The Bertz CT molecular complexity index is 1390. The van der Waals surface area contributed by atoms with Crippen molar-refractivity contribution >= 4 is 17.8 Å². The fraction of sp³-hybridized carbons (Fsp3) is 0.583. The molecule has 3 saturated heterocycles. The van der Waals surface area contributed by atoms with Gasteiger partial charge < -0.3 is 25.2 Å². The molecule has 0 spiro atoms. The smallest absolute Gasteiger partial charge is 0.334 e. The first kappa shape index (κ1) is 29.5. The van der Waals surface area contributed by atoms with Crippen molar-refractivity contribution in [3.8, 4) is 5.75 Å². The lowest BCUT2D eigenvalue weighted by molar-refractivity contribution is -0.143. The fourth-order valence-corrected chi connectivity index (χ4v) is 9.14. The highest BCUT2D eigenvalue weighted by molar-refractivity contribution is 5.93. The SMILES string of the molecule is CN1CC[C@]23CCCC[C@H]2[C@H]1Cc1ccc(OC(=O)C(Cc2ccccc2)NC(=O)C2CCCN2C(=O)C2CCCN2)cc13. The summed E-state index contributed by atoms with van der Waals surface area (Å²) in [7, 11) is 2.28. The van der Waals surface area contributed by atoms with Crippen LogP contribution in [-0.4, -0.2) is 78.4 Å². The van der Waals surface area contributed by atoms with Gasteiger partial charge in [-0.05, 0) is 106 Å². The number of hydrogen-bond donors (Lipinski definition) is 2. The third-order valence-electron chi connectivity index (χ3n) is 11.4. The number of nitrogens with zero attached hydrogens (tertiary/aromatic N) is 2. The first-order chi connectivity index (χ1) is 21.4. The van der Waals surface area contributed by atoms with Crippen LogP contribution in [0, 0.1) is 5.92 Å². The minimum Gasteiger partial charge on any atom is -0.425 e. The molecule has 8 nitrogen and oxygen atoms in total. The quantitative estimate of drug-likeness (QED) is 0.373. The number of piperidine rings is 1. The number of nitrogens with one attached hydrogen (secondary N) is 2. The average molecular weight is 599 g/mol. The van der Waals surface area contributed by atoms with Crippen molar-refractivity contribution in [2.24, 2.45) is 5.92 Å². The van der Waals surface area contributed by atoms with E-state index in [0.717, 1.165) is 50.8 Å². The maximum absolute atomic E-state index is 13.9. The zero-order valence-electron chi connectivity index (χ0n) is 25.9. The third-order valence-corrected chi connectivity index (χ3v) is 11.4. The highest BCUT2D eigenvalue weighted by atomic mass is 16.5. The number of carbonyl (C=O) groups is 3. The van der Waals surface area contributed by atoms with Crippen LogP contribution in [0.4, 0.5) is 0 Å². The number of fused-ring (bicyclic) bond motifs is 1. The number of carbonyl (C=O) groups excluding carboxylic acids is 3. The second-order valence-electron chi connectivity index (χ2n) is 13.8. The van der Waals surface area contributed by atoms with Crippen LogP contribution in [0.5, 0.6) is 5.75 Å². The third kappa shape index (κ3) is 5.45. The molecule has 6 atom stereocenters. The molecule has 3 unspecified atom stereocenters. The van der Waals surface area contributed by atoms with E-state index in [1.165, 1.54) is 36.8 Å². The molecule has 2 aromatic rings. The average Bonchev–Trinajstić information content (AvgIpc) is 3.76. The minimum absolute atomic E-state index is 0.00654. The Morgan fingerprint density at radius 3 is 2.68 bits per heavy atom. The molecule has 5 aliphatic rings. The number of benzene rings is 2. The van der Waals surface area contributed by atoms with E-state index in [9.17, 15) is 14.4 Å². The number of ether oxygens (including phenoxy) is 1. The molecule has 2 amide bonds. The van der Waals surface area contributed by atoms with Crippen molar-refractivity contribution in [1.29, 1.82) is 0 Å². The number of likely N-dealkylation sites (tertiary alicyclic amines) is 2. The van der Waals surface area contributed by atoms with Crippen molar-refractivity contribution < 1.29 is 19.1 Å². The van der Waals surface area contributed by atoms with Gasteiger partial charge in [0.25, 0.3) is 0 Å². The van der Waals surface area contributed by atoms with Crippen molar-refractivity contribution in [2.75, 3.05) is 26.7 Å². The Balaban J connectivity index is 1.11. The molecule has 2 aliphatic carbocycles.